The number of azide groups is 2. The van der Waals surface area contributed by atoms with Crippen molar-refractivity contribution in [3.05, 3.63) is 194 Å². The van der Waals surface area contributed by atoms with E-state index in [0.717, 1.165) is 75.9 Å². The standard InChI is InChI=1S/C22H23N.C18H21Br2N.C11H16IN.C10H15N.C9H19NO.C8H19N.C6H13N7.C5H12BrN.C5H12IN/c1-6-18-8-12-20(13-9-18)16-23(22(3,4)5)17-21-14-10-19(7-2)11-15-21;1-18(2,3)21(12-14-4-8-16(19)9-5-14)13-15-6-10-17(20)11-7-15;1-11(2,3)13-8-9-4-6-10(12)7-5-9;1-6-8-11(9-7-2)10(3,4)5;1-8(2,3)7(11)10-9(4,5)6;1-6-9(7-2)8(3,4)5;1-6(2,3)13(4-9-11-7)5-10-12-8;2*1-5(2,3)7-4-6/h1-2,8-15H,16-17H2,3-5H3;4-11H,12-13H2,1-3H3;4-7,13H,8H2,1-3H3;1-2H,8-9H2,3-5H3;1-6H3,(H,10,11);6-7H2,1-5H3;4-5H2,1-3H3;2*7H,4H2,1-3H3. The Morgan fingerprint density at radius 1 is 0.417 bits per heavy atom. The monoisotopic (exact) mass is 2000 g/mol. The van der Waals surface area contributed by atoms with Crippen LogP contribution in [0.4, 0.5) is 0 Å². The molecule has 5 aromatic rings. The molecule has 0 saturated heterocycles. The maximum Gasteiger partial charge on any atom is 0.225 e. The highest BCUT2D eigenvalue weighted by Gasteiger charge is 2.27. The number of terminal acetylenes is 4. The van der Waals surface area contributed by atoms with E-state index in [2.05, 4.69) is 434 Å². The van der Waals surface area contributed by atoms with Gasteiger partial charge in [-0.15, -0.1) is 25.7 Å². The average Bonchev–Trinajstić information content (AvgIpc) is 0.849. The first kappa shape index (κ1) is 116. The summed E-state index contributed by atoms with van der Waals surface area (Å²) >= 11 is 14.9. The second-order valence-corrected chi connectivity index (χ2v) is 41.9. The smallest absolute Gasteiger partial charge is 0.225 e. The van der Waals surface area contributed by atoms with Crippen LogP contribution in [0.1, 0.15) is 261 Å². The van der Waals surface area contributed by atoms with Crippen molar-refractivity contribution in [1.82, 2.24) is 45.8 Å². The van der Waals surface area contributed by atoms with Crippen LogP contribution in [0.5, 0.6) is 0 Å². The summed E-state index contributed by atoms with van der Waals surface area (Å²) in [6.45, 7) is 76.5. The molecule has 0 radical (unpaired) electrons. The fraction of sp³-hybridized carbons (Fsp3) is 0.585. The van der Waals surface area contributed by atoms with Crippen molar-refractivity contribution in [2.24, 2.45) is 15.6 Å². The van der Waals surface area contributed by atoms with Crippen LogP contribution in [0.15, 0.2) is 141 Å². The molecule has 115 heavy (non-hydrogen) atoms. The minimum atomic E-state index is -0.284. The Morgan fingerprint density at radius 3 is 0.887 bits per heavy atom. The summed E-state index contributed by atoms with van der Waals surface area (Å²) in [5, 5.41) is 19.7. The number of halogens is 5. The molecule has 0 spiro atoms. The third kappa shape index (κ3) is 65.5. The zero-order valence-electron chi connectivity index (χ0n) is 76.8. The van der Waals surface area contributed by atoms with Crippen LogP contribution in [0.3, 0.4) is 0 Å². The molecule has 0 unspecified atom stereocenters. The maximum absolute atomic E-state index is 11.4. The van der Waals surface area contributed by atoms with E-state index >= 15 is 0 Å². The van der Waals surface area contributed by atoms with Gasteiger partial charge in [0.2, 0.25) is 5.91 Å². The number of amides is 1. The Balaban J connectivity index is -0.000000621. The predicted octanol–water partition coefficient (Wildman–Crippen LogP) is 25.2. The van der Waals surface area contributed by atoms with E-state index in [1.165, 1.54) is 31.4 Å². The molecule has 1 amide bonds. The molecule has 4 N–H and O–H groups in total. The molecular weight excluding hydrogens is 1850 g/mol. The number of hydrogen-bond acceptors (Lipinski definition) is 11. The first-order valence-corrected chi connectivity index (χ1v) is 44.5. The molecule has 642 valence electrons. The van der Waals surface area contributed by atoms with Gasteiger partial charge in [-0.05, 0) is 322 Å². The summed E-state index contributed by atoms with van der Waals surface area (Å²) in [5.74, 6) is 10.6. The van der Waals surface area contributed by atoms with Crippen molar-refractivity contribution < 1.29 is 4.79 Å². The van der Waals surface area contributed by atoms with Gasteiger partial charge in [0, 0.05) is 126 Å². The molecule has 0 aromatic heterocycles. The van der Waals surface area contributed by atoms with E-state index in [1.54, 1.807) is 4.90 Å². The maximum atomic E-state index is 11.4. The molecule has 0 aliphatic heterocycles. The van der Waals surface area contributed by atoms with Gasteiger partial charge in [-0.1, -0.05) is 200 Å². The Labute approximate surface area is 755 Å². The second kappa shape index (κ2) is 58.1. The summed E-state index contributed by atoms with van der Waals surface area (Å²) in [7, 11) is 0. The normalized spacial score (nSPS) is 11.6. The van der Waals surface area contributed by atoms with Crippen LogP contribution in [-0.4, -0.2) is 130 Å². The van der Waals surface area contributed by atoms with Gasteiger partial charge in [0.25, 0.3) is 0 Å². The molecule has 0 bridgehead atoms. The molecule has 0 heterocycles. The van der Waals surface area contributed by atoms with Crippen molar-refractivity contribution >= 4 is 98.9 Å². The first-order valence-electron chi connectivity index (χ1n) is 39.2. The number of nitrogens with zero attached hydrogens (tertiary/aromatic N) is 11. The number of alkyl halides is 2. The number of benzene rings is 5. The molecule has 5 rings (SSSR count). The van der Waals surface area contributed by atoms with Crippen molar-refractivity contribution in [3.8, 4) is 49.4 Å². The highest BCUT2D eigenvalue weighted by atomic mass is 127. The summed E-state index contributed by atoms with van der Waals surface area (Å²) in [5.41, 5.74) is 26.3. The SMILES string of the molecule is C#CCN(CC#C)C(C)(C)C.C#Cc1ccc(CN(Cc2ccc(C#C)cc2)C(C)(C)C)cc1.CC(C)(C)N(CN=[N+]=[N-])CN=[N+]=[N-].CC(C)(C)N(Cc1ccc(Br)cc1)Cc1ccc(Br)cc1.CC(C)(C)NC(=O)C(C)(C)C.CC(C)(C)NCBr.CC(C)(C)NCI.CC(C)(C)NCc1ccc(I)cc1.CCN(CC)C(C)(C)C. The number of rotatable bonds is 20. The van der Waals surface area contributed by atoms with E-state index in [9.17, 15) is 4.79 Å². The lowest BCUT2D eigenvalue weighted by molar-refractivity contribution is -0.130. The summed E-state index contributed by atoms with van der Waals surface area (Å²) in [6.07, 6.45) is 21.2. The van der Waals surface area contributed by atoms with Gasteiger partial charge in [-0.3, -0.25) is 29.3 Å². The predicted molar refractivity (Wildman–Crippen MR) is 528 cm³/mol. The van der Waals surface area contributed by atoms with Gasteiger partial charge in [-0.25, -0.2) is 0 Å². The quantitative estimate of drug-likeness (QED) is 0.0112. The fourth-order valence-electron chi connectivity index (χ4n) is 9.03. The summed E-state index contributed by atoms with van der Waals surface area (Å²) < 4.78 is 4.57. The molecule has 0 atom stereocenters. The Kier molecular flexibility index (Phi) is 58.7. The van der Waals surface area contributed by atoms with Gasteiger partial charge in [0.15, 0.2) is 0 Å². The van der Waals surface area contributed by atoms with Crippen LogP contribution in [0.2, 0.25) is 0 Å². The topological polar surface area (TPSA) is 179 Å². The van der Waals surface area contributed by atoms with Crippen LogP contribution >= 0.6 is 93.0 Å². The zero-order chi connectivity index (χ0) is 90.1. The second-order valence-electron chi connectivity index (χ2n) is 37.5. The van der Waals surface area contributed by atoms with Gasteiger partial charge < -0.3 is 21.3 Å². The lowest BCUT2D eigenvalue weighted by Gasteiger charge is -2.36. The third-order valence-corrected chi connectivity index (χ3v) is 18.8. The largest absolute Gasteiger partial charge is 0.351 e. The fourth-order valence-corrected chi connectivity index (χ4v) is 11.9. The highest BCUT2D eigenvalue weighted by molar-refractivity contribution is 14.1. The Bertz CT molecular complexity index is 3540. The van der Waals surface area contributed by atoms with Crippen molar-refractivity contribution in [3.63, 3.8) is 0 Å². The summed E-state index contributed by atoms with van der Waals surface area (Å²) in [6, 6.07) is 42.2. The molecular formula is C94H150Br3I2N15O. The first-order chi connectivity index (χ1) is 52.5. The molecule has 16 nitrogen and oxygen atoms in total. The molecule has 0 aliphatic carbocycles. The zero-order valence-corrected chi connectivity index (χ0v) is 85.8. The van der Waals surface area contributed by atoms with Crippen LogP contribution in [-0.2, 0) is 37.5 Å². The minimum Gasteiger partial charge on any atom is -0.351 e. The van der Waals surface area contributed by atoms with E-state index < -0.39 is 0 Å². The highest BCUT2D eigenvalue weighted by Crippen LogP contribution is 2.25. The number of carbonyl (C=O) groups is 1. The Hall–Kier alpha value is -4.99. The number of hydrogen-bond donors (Lipinski definition) is 4. The molecule has 5 aromatic carbocycles. The van der Waals surface area contributed by atoms with Gasteiger partial charge in [-0.2, -0.15) is 0 Å². The number of carbonyl (C=O) groups excluding carboxylic acids is 1. The lowest BCUT2D eigenvalue weighted by Crippen LogP contribution is -2.46. The van der Waals surface area contributed by atoms with E-state index in [0.29, 0.717) is 24.2 Å². The van der Waals surface area contributed by atoms with Crippen LogP contribution in [0, 0.1) is 58.4 Å². The molecule has 21 heteroatoms. The van der Waals surface area contributed by atoms with Crippen molar-refractivity contribution in [2.45, 2.75) is 304 Å². The van der Waals surface area contributed by atoms with E-state index in [1.807, 2.05) is 86.6 Å². The van der Waals surface area contributed by atoms with E-state index in [-0.39, 0.29) is 63.4 Å². The van der Waals surface area contributed by atoms with Crippen LogP contribution in [0.25, 0.3) is 20.9 Å². The molecule has 0 aliphatic rings. The summed E-state index contributed by atoms with van der Waals surface area (Å²) in [4.78, 5) is 27.9. The molecule has 0 fully saturated rings. The lowest BCUT2D eigenvalue weighted by atomic mass is 9.94. The average molecular weight is 2000 g/mol. The third-order valence-electron chi connectivity index (χ3n) is 16.3. The van der Waals surface area contributed by atoms with Gasteiger partial charge >= 0.3 is 0 Å². The number of nitrogens with one attached hydrogen (secondary N) is 4. The van der Waals surface area contributed by atoms with E-state index in [4.69, 9.17) is 36.8 Å². The van der Waals surface area contributed by atoms with Crippen molar-refractivity contribution in [2.75, 3.05) is 49.5 Å². The Morgan fingerprint density at radius 2 is 0.704 bits per heavy atom. The molecule has 0 saturated carbocycles. The van der Waals surface area contributed by atoms with Gasteiger partial charge in [0.05, 0.1) is 31.9 Å². The van der Waals surface area contributed by atoms with Crippen molar-refractivity contribution in [1.29, 1.82) is 0 Å². The minimum absolute atomic E-state index is 0.0651. The van der Waals surface area contributed by atoms with Gasteiger partial charge in [0.1, 0.15) is 0 Å². The van der Waals surface area contributed by atoms with Crippen LogP contribution < -0.4 is 21.3 Å².